The Morgan fingerprint density at radius 3 is 2.85 bits per heavy atom. The predicted molar refractivity (Wildman–Crippen MR) is 80.6 cm³/mol. The number of hydrogen-bond acceptors (Lipinski definition) is 4. The molecule has 20 heavy (non-hydrogen) atoms. The van der Waals surface area contributed by atoms with E-state index in [1.54, 1.807) is 0 Å². The van der Waals surface area contributed by atoms with E-state index in [9.17, 15) is 0 Å². The van der Waals surface area contributed by atoms with Gasteiger partial charge in [0.2, 0.25) is 0 Å². The fraction of sp³-hybridized carbons (Fsp3) is 0.375. The van der Waals surface area contributed by atoms with Gasteiger partial charge in [-0.15, -0.1) is 5.59 Å². The van der Waals surface area contributed by atoms with E-state index in [2.05, 4.69) is 58.4 Å². The monoisotopic (exact) mass is 271 g/mol. The summed E-state index contributed by atoms with van der Waals surface area (Å²) in [5.74, 6) is 0. The molecular weight excluding hydrogens is 250 g/mol. The van der Waals surface area contributed by atoms with Crippen LogP contribution < -0.4 is 11.0 Å². The van der Waals surface area contributed by atoms with E-state index >= 15 is 0 Å². The average Bonchev–Trinajstić information content (AvgIpc) is 3.01. The highest BCUT2D eigenvalue weighted by Crippen LogP contribution is 2.14. The van der Waals surface area contributed by atoms with Crippen LogP contribution >= 0.6 is 0 Å². The molecule has 2 aliphatic rings. The van der Waals surface area contributed by atoms with Crippen LogP contribution in [0.3, 0.4) is 0 Å². The SMILES string of the molecule is C(=Cc1ccccc1)C1=CCN(CC2CONN2)CC1. The summed E-state index contributed by atoms with van der Waals surface area (Å²) < 4.78 is 0. The van der Waals surface area contributed by atoms with Crippen LogP contribution in [-0.4, -0.2) is 37.2 Å². The van der Waals surface area contributed by atoms with Gasteiger partial charge in [0, 0.05) is 19.6 Å². The fourth-order valence-electron chi connectivity index (χ4n) is 2.53. The lowest BCUT2D eigenvalue weighted by Gasteiger charge is -2.27. The minimum Gasteiger partial charge on any atom is -0.298 e. The lowest BCUT2D eigenvalue weighted by molar-refractivity contribution is 0.0841. The van der Waals surface area contributed by atoms with Gasteiger partial charge in [-0.05, 0) is 17.6 Å². The maximum absolute atomic E-state index is 5.09. The molecule has 106 valence electrons. The molecule has 2 N–H and O–H groups in total. The zero-order valence-electron chi connectivity index (χ0n) is 11.6. The Morgan fingerprint density at radius 1 is 1.25 bits per heavy atom. The molecule has 0 saturated carbocycles. The smallest absolute Gasteiger partial charge is 0.0878 e. The highest BCUT2D eigenvalue weighted by Gasteiger charge is 2.19. The van der Waals surface area contributed by atoms with Crippen molar-refractivity contribution in [3.8, 4) is 0 Å². The number of nitrogens with one attached hydrogen (secondary N) is 2. The van der Waals surface area contributed by atoms with Crippen molar-refractivity contribution in [1.82, 2.24) is 15.9 Å². The summed E-state index contributed by atoms with van der Waals surface area (Å²) in [5, 5.41) is 0. The summed E-state index contributed by atoms with van der Waals surface area (Å²) in [6.45, 7) is 3.90. The quantitative estimate of drug-likeness (QED) is 0.874. The molecule has 1 aromatic rings. The molecule has 2 heterocycles. The van der Waals surface area contributed by atoms with E-state index in [4.69, 9.17) is 4.84 Å². The van der Waals surface area contributed by atoms with Gasteiger partial charge in [-0.1, -0.05) is 48.6 Å². The van der Waals surface area contributed by atoms with Crippen LogP contribution in [0.15, 0.2) is 48.1 Å². The number of hydrogen-bond donors (Lipinski definition) is 2. The topological polar surface area (TPSA) is 36.5 Å². The first-order valence-electron chi connectivity index (χ1n) is 7.17. The lowest BCUT2D eigenvalue weighted by Crippen LogP contribution is -2.42. The van der Waals surface area contributed by atoms with Gasteiger partial charge >= 0.3 is 0 Å². The van der Waals surface area contributed by atoms with E-state index in [0.29, 0.717) is 6.04 Å². The molecule has 0 amide bonds. The van der Waals surface area contributed by atoms with Crippen LogP contribution in [0, 0.1) is 0 Å². The Hall–Kier alpha value is -1.46. The van der Waals surface area contributed by atoms with E-state index in [1.165, 1.54) is 11.1 Å². The second kappa shape index (κ2) is 6.81. The summed E-state index contributed by atoms with van der Waals surface area (Å²) in [4.78, 5) is 7.55. The molecule has 0 radical (unpaired) electrons. The molecule has 1 fully saturated rings. The minimum absolute atomic E-state index is 0.393. The highest BCUT2D eigenvalue weighted by atomic mass is 16.7. The van der Waals surface area contributed by atoms with Crippen LogP contribution in [0.5, 0.6) is 0 Å². The number of nitrogens with zero attached hydrogens (tertiary/aromatic N) is 1. The van der Waals surface area contributed by atoms with Gasteiger partial charge in [0.25, 0.3) is 0 Å². The first-order chi connectivity index (χ1) is 9.90. The minimum atomic E-state index is 0.393. The molecule has 2 aliphatic heterocycles. The van der Waals surface area contributed by atoms with Crippen molar-refractivity contribution in [2.24, 2.45) is 0 Å². The molecular formula is C16H21N3O. The first kappa shape index (κ1) is 13.5. The summed E-state index contributed by atoms with van der Waals surface area (Å²) in [6.07, 6.45) is 7.87. The second-order valence-electron chi connectivity index (χ2n) is 5.29. The van der Waals surface area contributed by atoms with Crippen molar-refractivity contribution in [1.29, 1.82) is 0 Å². The average molecular weight is 271 g/mol. The Bertz CT molecular complexity index is 478. The molecule has 3 rings (SSSR count). The standard InChI is InChI=1S/C16H21N3O/c1-2-4-14(5-3-1)6-7-15-8-10-19(11-9-15)12-16-13-20-18-17-16/h1-8,16-18H,9-13H2. The van der Waals surface area contributed by atoms with Crippen LogP contribution in [0.4, 0.5) is 0 Å². The molecule has 0 spiro atoms. The van der Waals surface area contributed by atoms with Crippen molar-refractivity contribution in [3.63, 3.8) is 0 Å². The number of hydrazine groups is 1. The van der Waals surface area contributed by atoms with Gasteiger partial charge in [-0.2, -0.15) is 0 Å². The summed E-state index contributed by atoms with van der Waals surface area (Å²) in [5.41, 5.74) is 8.51. The largest absolute Gasteiger partial charge is 0.298 e. The Morgan fingerprint density at radius 2 is 2.15 bits per heavy atom. The van der Waals surface area contributed by atoms with Gasteiger partial charge in [0.05, 0.1) is 12.6 Å². The molecule has 1 aromatic carbocycles. The van der Waals surface area contributed by atoms with Crippen LogP contribution in [-0.2, 0) is 4.84 Å². The van der Waals surface area contributed by atoms with Gasteiger partial charge < -0.3 is 0 Å². The molecule has 0 aromatic heterocycles. The lowest BCUT2D eigenvalue weighted by atomic mass is 10.1. The van der Waals surface area contributed by atoms with E-state index in [-0.39, 0.29) is 0 Å². The summed E-state index contributed by atoms with van der Waals surface area (Å²) >= 11 is 0. The third kappa shape index (κ3) is 3.77. The molecule has 4 heteroatoms. The maximum atomic E-state index is 5.09. The van der Waals surface area contributed by atoms with E-state index < -0.39 is 0 Å². The first-order valence-corrected chi connectivity index (χ1v) is 7.17. The molecule has 1 unspecified atom stereocenters. The van der Waals surface area contributed by atoms with Gasteiger partial charge in [-0.25, -0.2) is 5.43 Å². The van der Waals surface area contributed by atoms with E-state index in [0.717, 1.165) is 32.7 Å². The molecule has 0 aliphatic carbocycles. The number of allylic oxidation sites excluding steroid dienone is 1. The zero-order chi connectivity index (χ0) is 13.6. The highest BCUT2D eigenvalue weighted by molar-refractivity contribution is 5.52. The Kier molecular flexibility index (Phi) is 4.61. The van der Waals surface area contributed by atoms with Crippen LogP contribution in [0.1, 0.15) is 12.0 Å². The van der Waals surface area contributed by atoms with Crippen LogP contribution in [0.25, 0.3) is 6.08 Å². The molecule has 0 bridgehead atoms. The predicted octanol–water partition coefficient (Wildman–Crippen LogP) is 1.74. The van der Waals surface area contributed by atoms with Crippen molar-refractivity contribution in [2.45, 2.75) is 12.5 Å². The van der Waals surface area contributed by atoms with E-state index in [1.807, 2.05) is 6.07 Å². The second-order valence-corrected chi connectivity index (χ2v) is 5.29. The van der Waals surface area contributed by atoms with Crippen molar-refractivity contribution < 1.29 is 4.84 Å². The van der Waals surface area contributed by atoms with Crippen molar-refractivity contribution in [2.75, 3.05) is 26.2 Å². The Labute approximate surface area is 120 Å². The normalized spacial score (nSPS) is 24.2. The van der Waals surface area contributed by atoms with Crippen LogP contribution in [0.2, 0.25) is 0 Å². The third-order valence-corrected chi connectivity index (χ3v) is 3.72. The molecule has 1 atom stereocenters. The van der Waals surface area contributed by atoms with Gasteiger partial charge in [0.15, 0.2) is 0 Å². The third-order valence-electron chi connectivity index (χ3n) is 3.72. The fourth-order valence-corrected chi connectivity index (χ4v) is 2.53. The maximum Gasteiger partial charge on any atom is 0.0878 e. The molecule has 4 nitrogen and oxygen atoms in total. The summed E-state index contributed by atoms with van der Waals surface area (Å²) in [7, 11) is 0. The van der Waals surface area contributed by atoms with Crippen molar-refractivity contribution in [3.05, 3.63) is 53.6 Å². The Balaban J connectivity index is 1.50. The number of rotatable bonds is 4. The van der Waals surface area contributed by atoms with Gasteiger partial charge in [0.1, 0.15) is 0 Å². The summed E-state index contributed by atoms with van der Waals surface area (Å²) in [6, 6.07) is 10.8. The van der Waals surface area contributed by atoms with Gasteiger partial charge in [-0.3, -0.25) is 9.74 Å². The number of benzene rings is 1. The molecule has 1 saturated heterocycles. The van der Waals surface area contributed by atoms with Crippen molar-refractivity contribution >= 4 is 6.08 Å². The zero-order valence-corrected chi connectivity index (χ0v) is 11.6.